The smallest absolute Gasteiger partial charge is 0.366 e. The first-order chi connectivity index (χ1) is 7.27. The minimum atomic E-state index is -0.564. The summed E-state index contributed by atoms with van der Waals surface area (Å²) < 4.78 is 0. The molecule has 15 heavy (non-hydrogen) atoms. The van der Waals surface area contributed by atoms with E-state index in [0.717, 1.165) is 0 Å². The van der Waals surface area contributed by atoms with Crippen molar-refractivity contribution < 1.29 is 4.92 Å². The third-order valence-electron chi connectivity index (χ3n) is 1.63. The molecule has 0 saturated carbocycles. The van der Waals surface area contributed by atoms with Gasteiger partial charge in [0.25, 0.3) is 0 Å². The molecule has 3 N–H and O–H groups in total. The van der Waals surface area contributed by atoms with Crippen LogP contribution in [0.3, 0.4) is 0 Å². The van der Waals surface area contributed by atoms with Crippen molar-refractivity contribution in [2.24, 2.45) is 0 Å². The zero-order valence-corrected chi connectivity index (χ0v) is 7.34. The summed E-state index contributed by atoms with van der Waals surface area (Å²) in [6.07, 6.45) is 1.32. The molecule has 0 amide bonds. The van der Waals surface area contributed by atoms with Gasteiger partial charge in [0.05, 0.1) is 6.54 Å². The first-order valence-electron chi connectivity index (χ1n) is 3.91. The monoisotopic (exact) mass is 210 g/mol. The van der Waals surface area contributed by atoms with Gasteiger partial charge in [-0.15, -0.1) is 15.3 Å². The largest absolute Gasteiger partial charge is 0.369 e. The SMILES string of the molecule is O=[N+]([O-])c1[nH]ncc1NCc1nn[nH]n1. The highest BCUT2D eigenvalue weighted by molar-refractivity contribution is 5.55. The fourth-order valence-corrected chi connectivity index (χ4v) is 0.980. The van der Waals surface area contributed by atoms with Gasteiger partial charge >= 0.3 is 5.82 Å². The van der Waals surface area contributed by atoms with Crippen molar-refractivity contribution in [1.82, 2.24) is 30.8 Å². The Bertz CT molecular complexity index is 447. The van der Waals surface area contributed by atoms with Crippen molar-refractivity contribution >= 4 is 11.5 Å². The summed E-state index contributed by atoms with van der Waals surface area (Å²) >= 11 is 0. The minimum absolute atomic E-state index is 0.196. The van der Waals surface area contributed by atoms with Crippen LogP contribution in [-0.2, 0) is 6.54 Å². The molecule has 78 valence electrons. The molecule has 0 fully saturated rings. The Morgan fingerprint density at radius 2 is 2.47 bits per heavy atom. The van der Waals surface area contributed by atoms with E-state index in [4.69, 9.17) is 0 Å². The van der Waals surface area contributed by atoms with Crippen LogP contribution in [0.2, 0.25) is 0 Å². The highest BCUT2D eigenvalue weighted by Crippen LogP contribution is 2.19. The third kappa shape index (κ3) is 1.87. The normalized spacial score (nSPS) is 10.1. The minimum Gasteiger partial charge on any atom is -0.369 e. The zero-order chi connectivity index (χ0) is 10.7. The van der Waals surface area contributed by atoms with Crippen LogP contribution in [0.5, 0.6) is 0 Å². The highest BCUT2D eigenvalue weighted by atomic mass is 16.6. The second kappa shape index (κ2) is 3.69. The molecule has 2 aromatic heterocycles. The van der Waals surface area contributed by atoms with E-state index < -0.39 is 4.92 Å². The molecule has 10 nitrogen and oxygen atoms in total. The fourth-order valence-electron chi connectivity index (χ4n) is 0.980. The topological polar surface area (TPSA) is 138 Å². The molecule has 0 spiro atoms. The number of nitrogens with zero attached hydrogens (tertiary/aromatic N) is 5. The maximum atomic E-state index is 10.5. The standard InChI is InChI=1S/C5H6N8O2/c14-13(15)5-3(1-7-10-5)6-2-4-8-11-12-9-4/h1,6H,2H2,(H,7,10)(H,8,9,11,12). The number of H-pyrrole nitrogens is 2. The van der Waals surface area contributed by atoms with Crippen LogP contribution in [0.1, 0.15) is 5.82 Å². The summed E-state index contributed by atoms with van der Waals surface area (Å²) in [5, 5.41) is 32.0. The molecule has 0 aliphatic carbocycles. The molecule has 0 aliphatic heterocycles. The van der Waals surface area contributed by atoms with Gasteiger partial charge in [0.15, 0.2) is 11.5 Å². The van der Waals surface area contributed by atoms with Gasteiger partial charge in [-0.3, -0.25) is 0 Å². The third-order valence-corrected chi connectivity index (χ3v) is 1.63. The molecule has 0 atom stereocenters. The van der Waals surface area contributed by atoms with Crippen LogP contribution >= 0.6 is 0 Å². The Morgan fingerprint density at radius 1 is 1.60 bits per heavy atom. The highest BCUT2D eigenvalue weighted by Gasteiger charge is 2.14. The maximum Gasteiger partial charge on any atom is 0.366 e. The Hall–Kier alpha value is -2.52. The summed E-state index contributed by atoms with van der Waals surface area (Å²) in [6.45, 7) is 0.233. The van der Waals surface area contributed by atoms with Crippen LogP contribution in [0, 0.1) is 10.1 Å². The summed E-state index contributed by atoms with van der Waals surface area (Å²) in [5.41, 5.74) is 0.282. The number of hydrogen-bond acceptors (Lipinski definition) is 7. The van der Waals surface area contributed by atoms with E-state index in [1.165, 1.54) is 6.20 Å². The van der Waals surface area contributed by atoms with Crippen molar-refractivity contribution in [1.29, 1.82) is 0 Å². The number of nitro groups is 1. The quantitative estimate of drug-likeness (QED) is 0.454. The number of hydrogen-bond donors (Lipinski definition) is 3. The summed E-state index contributed by atoms with van der Waals surface area (Å²) in [4.78, 5) is 9.92. The van der Waals surface area contributed by atoms with Crippen LogP contribution in [-0.4, -0.2) is 35.7 Å². The first-order valence-corrected chi connectivity index (χ1v) is 3.91. The molecular weight excluding hydrogens is 204 g/mol. The van der Waals surface area contributed by atoms with Crippen molar-refractivity contribution in [2.45, 2.75) is 6.54 Å². The predicted octanol–water partition coefficient (Wildman–Crippen LogP) is -0.557. The van der Waals surface area contributed by atoms with Crippen molar-refractivity contribution in [2.75, 3.05) is 5.32 Å². The Labute approximate surface area is 82.2 Å². The predicted molar refractivity (Wildman–Crippen MR) is 46.7 cm³/mol. The molecule has 10 heteroatoms. The van der Waals surface area contributed by atoms with Gasteiger partial charge in [-0.25, -0.2) is 0 Å². The lowest BCUT2D eigenvalue weighted by Crippen LogP contribution is -2.02. The van der Waals surface area contributed by atoms with Gasteiger partial charge in [-0.1, -0.05) is 10.3 Å². The number of nitrogens with one attached hydrogen (secondary N) is 3. The number of aromatic nitrogens is 6. The van der Waals surface area contributed by atoms with Crippen LogP contribution in [0.25, 0.3) is 0 Å². The molecule has 2 rings (SSSR count). The molecule has 0 saturated heterocycles. The summed E-state index contributed by atoms with van der Waals surface area (Å²) in [7, 11) is 0. The van der Waals surface area contributed by atoms with Gasteiger partial charge in [-0.05, 0) is 4.92 Å². The number of anilines is 1. The number of aromatic amines is 2. The lowest BCUT2D eigenvalue weighted by atomic mass is 10.5. The average Bonchev–Trinajstić information content (AvgIpc) is 2.86. The number of tetrazole rings is 1. The van der Waals surface area contributed by atoms with Crippen molar-refractivity contribution in [3.8, 4) is 0 Å². The van der Waals surface area contributed by atoms with Crippen molar-refractivity contribution in [3.63, 3.8) is 0 Å². The van der Waals surface area contributed by atoms with Gasteiger partial charge in [-0.2, -0.15) is 5.21 Å². The molecule has 2 aromatic rings. The van der Waals surface area contributed by atoms with E-state index in [2.05, 4.69) is 36.1 Å². The summed E-state index contributed by atoms with van der Waals surface area (Å²) in [6, 6.07) is 0. The van der Waals surface area contributed by atoms with E-state index in [0.29, 0.717) is 5.82 Å². The number of rotatable bonds is 4. The lowest BCUT2D eigenvalue weighted by Gasteiger charge is -1.98. The Kier molecular flexibility index (Phi) is 2.23. The second-order valence-corrected chi connectivity index (χ2v) is 2.57. The van der Waals surface area contributed by atoms with Gasteiger partial charge in [0, 0.05) is 0 Å². The molecule has 0 radical (unpaired) electrons. The molecular formula is C5H6N8O2. The molecule has 0 unspecified atom stereocenters. The van der Waals surface area contributed by atoms with E-state index in [1.807, 2.05) is 0 Å². The van der Waals surface area contributed by atoms with Gasteiger partial charge in [0.2, 0.25) is 0 Å². The van der Waals surface area contributed by atoms with Crippen LogP contribution in [0.15, 0.2) is 6.20 Å². The lowest BCUT2D eigenvalue weighted by molar-refractivity contribution is -0.388. The molecule has 0 aromatic carbocycles. The summed E-state index contributed by atoms with van der Waals surface area (Å²) in [5.74, 6) is 0.212. The second-order valence-electron chi connectivity index (χ2n) is 2.57. The zero-order valence-electron chi connectivity index (χ0n) is 7.34. The van der Waals surface area contributed by atoms with Crippen LogP contribution in [0.4, 0.5) is 11.5 Å². The van der Waals surface area contributed by atoms with Crippen LogP contribution < -0.4 is 5.32 Å². The van der Waals surface area contributed by atoms with Crippen molar-refractivity contribution in [3.05, 3.63) is 22.1 Å². The van der Waals surface area contributed by atoms with E-state index >= 15 is 0 Å². The van der Waals surface area contributed by atoms with E-state index in [9.17, 15) is 10.1 Å². The van der Waals surface area contributed by atoms with E-state index in [1.54, 1.807) is 0 Å². The van der Waals surface area contributed by atoms with Gasteiger partial charge < -0.3 is 15.4 Å². The molecule has 0 bridgehead atoms. The Balaban J connectivity index is 2.05. The molecule has 0 aliphatic rings. The average molecular weight is 210 g/mol. The fraction of sp³-hybridized carbons (Fsp3) is 0.200. The van der Waals surface area contributed by atoms with E-state index in [-0.39, 0.29) is 18.1 Å². The maximum absolute atomic E-state index is 10.5. The Morgan fingerprint density at radius 3 is 3.13 bits per heavy atom. The first kappa shape index (κ1) is 9.05. The molecule has 2 heterocycles. The van der Waals surface area contributed by atoms with Gasteiger partial charge in [0.1, 0.15) is 6.20 Å².